The van der Waals surface area contributed by atoms with Crippen LogP contribution in [0.25, 0.3) is 0 Å². The standard InChI is InChI=1S/C13H19NO2/c1-3-15-13-10-14(2)9-12(16-13)11-7-5-4-6-8-11/h4-8,12-13H,3,9-10H2,1-2H3. The van der Waals surface area contributed by atoms with Gasteiger partial charge in [0.15, 0.2) is 6.29 Å². The number of ether oxygens (including phenoxy) is 2. The lowest BCUT2D eigenvalue weighted by Gasteiger charge is -2.35. The quantitative estimate of drug-likeness (QED) is 0.779. The van der Waals surface area contributed by atoms with Gasteiger partial charge in [-0.25, -0.2) is 0 Å². The van der Waals surface area contributed by atoms with Crippen molar-refractivity contribution in [2.75, 3.05) is 26.7 Å². The van der Waals surface area contributed by atoms with Gasteiger partial charge in [0.05, 0.1) is 6.10 Å². The lowest BCUT2D eigenvalue weighted by Crippen LogP contribution is -2.43. The van der Waals surface area contributed by atoms with Gasteiger partial charge >= 0.3 is 0 Å². The van der Waals surface area contributed by atoms with Crippen molar-refractivity contribution in [3.63, 3.8) is 0 Å². The molecule has 1 aliphatic rings. The van der Waals surface area contributed by atoms with Gasteiger partial charge in [0.1, 0.15) is 0 Å². The Morgan fingerprint density at radius 1 is 1.31 bits per heavy atom. The molecule has 0 saturated carbocycles. The second-order valence-electron chi connectivity index (χ2n) is 4.14. The van der Waals surface area contributed by atoms with Gasteiger partial charge in [0.25, 0.3) is 0 Å². The largest absolute Gasteiger partial charge is 0.352 e. The number of likely N-dealkylation sites (N-methyl/N-ethyl adjacent to an activating group) is 1. The maximum absolute atomic E-state index is 5.92. The summed E-state index contributed by atoms with van der Waals surface area (Å²) >= 11 is 0. The Morgan fingerprint density at radius 2 is 2.06 bits per heavy atom. The van der Waals surface area contributed by atoms with Crippen molar-refractivity contribution in [3.05, 3.63) is 35.9 Å². The predicted molar refractivity (Wildman–Crippen MR) is 63.2 cm³/mol. The van der Waals surface area contributed by atoms with E-state index < -0.39 is 0 Å². The molecular formula is C13H19NO2. The molecule has 0 N–H and O–H groups in total. The van der Waals surface area contributed by atoms with Crippen LogP contribution >= 0.6 is 0 Å². The van der Waals surface area contributed by atoms with Gasteiger partial charge in [-0.2, -0.15) is 0 Å². The number of nitrogens with zero attached hydrogens (tertiary/aromatic N) is 1. The Bertz CT molecular complexity index is 315. The summed E-state index contributed by atoms with van der Waals surface area (Å²) in [6, 6.07) is 10.3. The van der Waals surface area contributed by atoms with E-state index in [1.165, 1.54) is 5.56 Å². The van der Waals surface area contributed by atoms with Crippen molar-refractivity contribution in [2.24, 2.45) is 0 Å². The highest BCUT2D eigenvalue weighted by Gasteiger charge is 2.26. The molecule has 2 rings (SSSR count). The van der Waals surface area contributed by atoms with E-state index in [-0.39, 0.29) is 12.4 Å². The molecule has 1 heterocycles. The van der Waals surface area contributed by atoms with Crippen molar-refractivity contribution in [2.45, 2.75) is 19.3 Å². The minimum atomic E-state index is -0.103. The Morgan fingerprint density at radius 3 is 2.75 bits per heavy atom. The van der Waals surface area contributed by atoms with Crippen LogP contribution in [0, 0.1) is 0 Å². The number of hydrogen-bond acceptors (Lipinski definition) is 3. The van der Waals surface area contributed by atoms with Crippen LogP contribution in [0.4, 0.5) is 0 Å². The summed E-state index contributed by atoms with van der Waals surface area (Å²) in [5.74, 6) is 0. The summed E-state index contributed by atoms with van der Waals surface area (Å²) in [4.78, 5) is 2.25. The van der Waals surface area contributed by atoms with Crippen LogP contribution in [0.5, 0.6) is 0 Å². The van der Waals surface area contributed by atoms with Crippen LogP contribution in [0.1, 0.15) is 18.6 Å². The van der Waals surface area contributed by atoms with Crippen LogP contribution in [0.15, 0.2) is 30.3 Å². The minimum Gasteiger partial charge on any atom is -0.352 e. The van der Waals surface area contributed by atoms with E-state index in [1.807, 2.05) is 25.1 Å². The smallest absolute Gasteiger partial charge is 0.170 e. The molecule has 88 valence electrons. The summed E-state index contributed by atoms with van der Waals surface area (Å²) in [5.41, 5.74) is 1.22. The third-order valence-electron chi connectivity index (χ3n) is 2.78. The van der Waals surface area contributed by atoms with Crippen molar-refractivity contribution in [3.8, 4) is 0 Å². The molecule has 1 aromatic rings. The fraction of sp³-hybridized carbons (Fsp3) is 0.538. The van der Waals surface area contributed by atoms with E-state index in [0.717, 1.165) is 13.1 Å². The van der Waals surface area contributed by atoms with Crippen LogP contribution in [0.2, 0.25) is 0 Å². The van der Waals surface area contributed by atoms with Crippen LogP contribution < -0.4 is 0 Å². The zero-order chi connectivity index (χ0) is 11.4. The molecule has 3 nitrogen and oxygen atoms in total. The van der Waals surface area contributed by atoms with Gasteiger partial charge in [0.2, 0.25) is 0 Å². The maximum atomic E-state index is 5.92. The molecule has 1 aromatic carbocycles. The van der Waals surface area contributed by atoms with Gasteiger partial charge in [-0.3, -0.25) is 4.90 Å². The van der Waals surface area contributed by atoms with Crippen LogP contribution in [-0.2, 0) is 9.47 Å². The molecule has 2 unspecified atom stereocenters. The molecular weight excluding hydrogens is 202 g/mol. The molecule has 0 spiro atoms. The highest BCUT2D eigenvalue weighted by molar-refractivity contribution is 5.18. The molecule has 0 aliphatic carbocycles. The summed E-state index contributed by atoms with van der Waals surface area (Å²) in [7, 11) is 2.10. The molecule has 0 aromatic heterocycles. The number of hydrogen-bond donors (Lipinski definition) is 0. The second kappa shape index (κ2) is 5.43. The van der Waals surface area contributed by atoms with E-state index in [4.69, 9.17) is 9.47 Å². The van der Waals surface area contributed by atoms with Crippen molar-refractivity contribution < 1.29 is 9.47 Å². The highest BCUT2D eigenvalue weighted by atomic mass is 16.7. The summed E-state index contributed by atoms with van der Waals surface area (Å²) in [5, 5.41) is 0. The molecule has 1 fully saturated rings. The number of benzene rings is 1. The SMILES string of the molecule is CCOC1CN(C)CC(c2ccccc2)O1. The zero-order valence-corrected chi connectivity index (χ0v) is 9.93. The molecule has 3 heteroatoms. The van der Waals surface area contributed by atoms with Gasteiger partial charge < -0.3 is 9.47 Å². The maximum Gasteiger partial charge on any atom is 0.170 e. The minimum absolute atomic E-state index is 0.103. The predicted octanol–water partition coefficient (Wildman–Crippen LogP) is 2.05. The number of morpholine rings is 1. The topological polar surface area (TPSA) is 21.7 Å². The molecule has 1 aliphatic heterocycles. The molecule has 0 bridgehead atoms. The first kappa shape index (κ1) is 11.6. The monoisotopic (exact) mass is 221 g/mol. The lowest BCUT2D eigenvalue weighted by atomic mass is 10.1. The zero-order valence-electron chi connectivity index (χ0n) is 9.93. The van der Waals surface area contributed by atoms with E-state index >= 15 is 0 Å². The second-order valence-corrected chi connectivity index (χ2v) is 4.14. The van der Waals surface area contributed by atoms with Crippen molar-refractivity contribution in [1.29, 1.82) is 0 Å². The summed E-state index contributed by atoms with van der Waals surface area (Å²) in [6.45, 7) is 4.46. The highest BCUT2D eigenvalue weighted by Crippen LogP contribution is 2.24. The fourth-order valence-corrected chi connectivity index (χ4v) is 2.01. The van der Waals surface area contributed by atoms with Crippen molar-refractivity contribution >= 4 is 0 Å². The molecule has 16 heavy (non-hydrogen) atoms. The van der Waals surface area contributed by atoms with Crippen LogP contribution in [0.3, 0.4) is 0 Å². The van der Waals surface area contributed by atoms with Gasteiger partial charge in [0, 0.05) is 19.7 Å². The average Bonchev–Trinajstić information content (AvgIpc) is 2.30. The lowest BCUT2D eigenvalue weighted by molar-refractivity contribution is -0.207. The van der Waals surface area contributed by atoms with Crippen molar-refractivity contribution in [1.82, 2.24) is 4.90 Å². The summed E-state index contributed by atoms with van der Waals surface area (Å²) in [6.07, 6.45) is 0.0189. The first-order valence-electron chi connectivity index (χ1n) is 5.80. The van der Waals surface area contributed by atoms with Gasteiger partial charge in [-0.05, 0) is 19.5 Å². The molecule has 0 amide bonds. The third-order valence-corrected chi connectivity index (χ3v) is 2.78. The number of rotatable bonds is 3. The van der Waals surface area contributed by atoms with Gasteiger partial charge in [-0.15, -0.1) is 0 Å². The Labute approximate surface area is 97.0 Å². The van der Waals surface area contributed by atoms with E-state index in [2.05, 4.69) is 24.1 Å². The molecule has 0 radical (unpaired) electrons. The van der Waals surface area contributed by atoms with E-state index in [9.17, 15) is 0 Å². The normalized spacial score (nSPS) is 26.9. The van der Waals surface area contributed by atoms with E-state index in [0.29, 0.717) is 6.61 Å². The Kier molecular flexibility index (Phi) is 3.93. The molecule has 1 saturated heterocycles. The third kappa shape index (κ3) is 2.82. The first-order valence-corrected chi connectivity index (χ1v) is 5.80. The first-order chi connectivity index (χ1) is 7.79. The van der Waals surface area contributed by atoms with Crippen LogP contribution in [-0.4, -0.2) is 37.9 Å². The average molecular weight is 221 g/mol. The van der Waals surface area contributed by atoms with Gasteiger partial charge in [-0.1, -0.05) is 30.3 Å². The summed E-state index contributed by atoms with van der Waals surface area (Å²) < 4.78 is 11.5. The molecule has 2 atom stereocenters. The Balaban J connectivity index is 2.04. The fourth-order valence-electron chi connectivity index (χ4n) is 2.01. The van der Waals surface area contributed by atoms with E-state index in [1.54, 1.807) is 0 Å². The Hall–Kier alpha value is -0.900.